The first-order valence-corrected chi connectivity index (χ1v) is 6.78. The predicted molar refractivity (Wildman–Crippen MR) is 76.5 cm³/mol. The number of hydrogen-bond donors (Lipinski definition) is 2. The zero-order valence-corrected chi connectivity index (χ0v) is 11.2. The Bertz CT molecular complexity index is 496. The van der Waals surface area contributed by atoms with Crippen LogP contribution in [0.4, 0.5) is 0 Å². The lowest BCUT2D eigenvalue weighted by molar-refractivity contribution is -0.135. The monoisotopic (exact) mass is 273 g/mol. The standard InChI is InChI=1S/C13H10S.C2H5NO2/c1-3-7-12-10(5-1)9-11-6-2-4-8-13(11)14-12;3-1-2(4)5/h1-8H,9H2;1,3H2,(H,4,5). The number of benzene rings is 2. The minimum Gasteiger partial charge on any atom is -0.480 e. The molecule has 1 aliphatic rings. The van der Waals surface area contributed by atoms with Gasteiger partial charge in [-0.05, 0) is 29.7 Å². The Balaban J connectivity index is 0.000000232. The zero-order valence-electron chi connectivity index (χ0n) is 10.4. The van der Waals surface area contributed by atoms with E-state index >= 15 is 0 Å². The molecule has 19 heavy (non-hydrogen) atoms. The summed E-state index contributed by atoms with van der Waals surface area (Å²) in [5, 5.41) is 7.60. The fourth-order valence-corrected chi connectivity index (χ4v) is 2.90. The maximum absolute atomic E-state index is 9.24. The van der Waals surface area contributed by atoms with Crippen molar-refractivity contribution in [3.05, 3.63) is 59.7 Å². The Hall–Kier alpha value is -1.78. The number of aliphatic carboxylic acids is 1. The zero-order chi connectivity index (χ0) is 13.7. The van der Waals surface area contributed by atoms with Crippen molar-refractivity contribution in [3.63, 3.8) is 0 Å². The molecule has 0 atom stereocenters. The molecule has 0 unspecified atom stereocenters. The molecule has 4 heteroatoms. The third-order valence-corrected chi connectivity index (χ3v) is 3.96. The average Bonchev–Trinajstić information content (AvgIpc) is 2.45. The molecule has 0 aromatic heterocycles. The summed E-state index contributed by atoms with van der Waals surface area (Å²) >= 11 is 1.88. The van der Waals surface area contributed by atoms with E-state index in [1.54, 1.807) is 0 Å². The Morgan fingerprint density at radius 1 is 1.05 bits per heavy atom. The van der Waals surface area contributed by atoms with E-state index < -0.39 is 5.97 Å². The minimum atomic E-state index is -0.968. The summed E-state index contributed by atoms with van der Waals surface area (Å²) in [5.74, 6) is -0.968. The first-order valence-electron chi connectivity index (χ1n) is 5.96. The summed E-state index contributed by atoms with van der Waals surface area (Å²) < 4.78 is 0. The first-order chi connectivity index (χ1) is 9.20. The van der Waals surface area contributed by atoms with E-state index in [2.05, 4.69) is 54.3 Å². The molecule has 0 saturated heterocycles. The fraction of sp³-hybridized carbons (Fsp3) is 0.133. The van der Waals surface area contributed by atoms with Gasteiger partial charge >= 0.3 is 5.97 Å². The Kier molecular flexibility index (Phi) is 4.60. The van der Waals surface area contributed by atoms with Crippen molar-refractivity contribution in [3.8, 4) is 0 Å². The average molecular weight is 273 g/mol. The van der Waals surface area contributed by atoms with Crippen LogP contribution < -0.4 is 5.73 Å². The quantitative estimate of drug-likeness (QED) is 0.715. The second kappa shape index (κ2) is 6.41. The molecule has 0 bridgehead atoms. The van der Waals surface area contributed by atoms with Crippen molar-refractivity contribution in [2.24, 2.45) is 5.73 Å². The van der Waals surface area contributed by atoms with E-state index in [1.807, 2.05) is 11.8 Å². The van der Waals surface area contributed by atoms with E-state index in [0.717, 1.165) is 6.42 Å². The number of nitrogens with two attached hydrogens (primary N) is 1. The van der Waals surface area contributed by atoms with Crippen LogP contribution in [0.1, 0.15) is 11.1 Å². The van der Waals surface area contributed by atoms with Gasteiger partial charge in [-0.15, -0.1) is 0 Å². The van der Waals surface area contributed by atoms with Gasteiger partial charge in [0.2, 0.25) is 0 Å². The van der Waals surface area contributed by atoms with Gasteiger partial charge < -0.3 is 10.8 Å². The molecular formula is C15H15NO2S. The Labute approximate surface area is 116 Å². The van der Waals surface area contributed by atoms with Crippen LogP contribution in [0.2, 0.25) is 0 Å². The number of carbonyl (C=O) groups is 1. The molecule has 0 saturated carbocycles. The summed E-state index contributed by atoms with van der Waals surface area (Å²) in [6.07, 6.45) is 1.08. The van der Waals surface area contributed by atoms with Crippen LogP contribution in [0.25, 0.3) is 0 Å². The van der Waals surface area contributed by atoms with E-state index in [4.69, 9.17) is 5.11 Å². The van der Waals surface area contributed by atoms with Crippen LogP contribution in [-0.2, 0) is 11.2 Å². The molecule has 0 aliphatic carbocycles. The molecule has 3 rings (SSSR count). The summed E-state index contributed by atoms with van der Waals surface area (Å²) in [6.45, 7) is -0.278. The third kappa shape index (κ3) is 3.59. The molecule has 1 aliphatic heterocycles. The molecule has 98 valence electrons. The smallest absolute Gasteiger partial charge is 0.317 e. The number of carboxylic acid groups (broad SMARTS) is 1. The van der Waals surface area contributed by atoms with E-state index in [-0.39, 0.29) is 6.54 Å². The van der Waals surface area contributed by atoms with Crippen LogP contribution in [0.5, 0.6) is 0 Å². The van der Waals surface area contributed by atoms with E-state index in [9.17, 15) is 4.79 Å². The lowest BCUT2D eigenvalue weighted by Crippen LogP contribution is -2.10. The minimum absolute atomic E-state index is 0.278. The van der Waals surface area contributed by atoms with Crippen LogP contribution in [-0.4, -0.2) is 17.6 Å². The lowest BCUT2D eigenvalue weighted by atomic mass is 10.0. The van der Waals surface area contributed by atoms with Crippen LogP contribution >= 0.6 is 11.8 Å². The van der Waals surface area contributed by atoms with Crippen molar-refractivity contribution in [2.75, 3.05) is 6.54 Å². The molecule has 3 nitrogen and oxygen atoms in total. The predicted octanol–water partition coefficient (Wildman–Crippen LogP) is 2.77. The molecule has 0 amide bonds. The highest BCUT2D eigenvalue weighted by Crippen LogP contribution is 2.38. The first kappa shape index (κ1) is 13.6. The van der Waals surface area contributed by atoms with Crippen molar-refractivity contribution in [1.29, 1.82) is 0 Å². The van der Waals surface area contributed by atoms with Crippen LogP contribution in [0.15, 0.2) is 58.3 Å². The van der Waals surface area contributed by atoms with Crippen LogP contribution in [0, 0.1) is 0 Å². The third-order valence-electron chi connectivity index (χ3n) is 2.72. The summed E-state index contributed by atoms with van der Waals surface area (Å²) in [7, 11) is 0. The molecular weight excluding hydrogens is 258 g/mol. The largest absolute Gasteiger partial charge is 0.480 e. The molecule has 2 aromatic carbocycles. The van der Waals surface area contributed by atoms with Gasteiger partial charge in [0.15, 0.2) is 0 Å². The molecule has 1 heterocycles. The normalized spacial score (nSPS) is 11.6. The number of hydrogen-bond acceptors (Lipinski definition) is 3. The molecule has 2 aromatic rings. The van der Waals surface area contributed by atoms with Gasteiger partial charge in [0.1, 0.15) is 0 Å². The Morgan fingerprint density at radius 3 is 1.89 bits per heavy atom. The summed E-state index contributed by atoms with van der Waals surface area (Å²) in [4.78, 5) is 12.1. The second-order valence-electron chi connectivity index (χ2n) is 4.09. The van der Waals surface area contributed by atoms with Crippen molar-refractivity contribution >= 4 is 17.7 Å². The highest BCUT2D eigenvalue weighted by atomic mass is 32.2. The SMILES string of the molecule is NCC(=O)O.c1ccc2c(c1)Cc1ccccc1S2. The van der Waals surface area contributed by atoms with Gasteiger partial charge in [-0.2, -0.15) is 0 Å². The fourth-order valence-electron chi connectivity index (χ4n) is 1.82. The van der Waals surface area contributed by atoms with Crippen molar-refractivity contribution in [1.82, 2.24) is 0 Å². The number of fused-ring (bicyclic) bond motifs is 2. The summed E-state index contributed by atoms with van der Waals surface area (Å²) in [5.41, 5.74) is 7.48. The van der Waals surface area contributed by atoms with Crippen LogP contribution in [0.3, 0.4) is 0 Å². The second-order valence-corrected chi connectivity index (χ2v) is 5.18. The van der Waals surface area contributed by atoms with E-state index in [1.165, 1.54) is 20.9 Å². The number of rotatable bonds is 1. The summed E-state index contributed by atoms with van der Waals surface area (Å²) in [6, 6.07) is 17.3. The molecule has 0 radical (unpaired) electrons. The highest BCUT2D eigenvalue weighted by Gasteiger charge is 2.13. The molecule has 3 N–H and O–H groups in total. The Morgan fingerprint density at radius 2 is 1.47 bits per heavy atom. The maximum atomic E-state index is 9.24. The highest BCUT2D eigenvalue weighted by molar-refractivity contribution is 7.99. The van der Waals surface area contributed by atoms with Crippen molar-refractivity contribution < 1.29 is 9.90 Å². The van der Waals surface area contributed by atoms with E-state index in [0.29, 0.717) is 0 Å². The number of carboxylic acids is 1. The maximum Gasteiger partial charge on any atom is 0.317 e. The van der Waals surface area contributed by atoms with Gasteiger partial charge in [0, 0.05) is 9.79 Å². The van der Waals surface area contributed by atoms with Gasteiger partial charge in [0.25, 0.3) is 0 Å². The molecule has 0 spiro atoms. The van der Waals surface area contributed by atoms with Gasteiger partial charge in [-0.25, -0.2) is 0 Å². The van der Waals surface area contributed by atoms with Gasteiger partial charge in [-0.1, -0.05) is 48.2 Å². The van der Waals surface area contributed by atoms with Crippen molar-refractivity contribution in [2.45, 2.75) is 16.2 Å². The van der Waals surface area contributed by atoms with Gasteiger partial charge in [-0.3, -0.25) is 4.79 Å². The van der Waals surface area contributed by atoms with Gasteiger partial charge in [0.05, 0.1) is 6.54 Å². The molecule has 0 fully saturated rings. The topological polar surface area (TPSA) is 63.3 Å². The lowest BCUT2D eigenvalue weighted by Gasteiger charge is -2.17.